The van der Waals surface area contributed by atoms with Crippen molar-refractivity contribution in [1.29, 1.82) is 0 Å². The van der Waals surface area contributed by atoms with Gasteiger partial charge in [-0.2, -0.15) is 0 Å². The summed E-state index contributed by atoms with van der Waals surface area (Å²) in [5.74, 6) is 0.365. The Morgan fingerprint density at radius 3 is 2.55 bits per heavy atom. The fraction of sp³-hybridized carbons (Fsp3) is 0.318. The normalized spacial score (nSPS) is 14.9. The number of nitrogens with zero attached hydrogens (tertiary/aromatic N) is 3. The molecule has 7 heteroatoms. The van der Waals surface area contributed by atoms with E-state index in [1.807, 2.05) is 12.1 Å². The van der Waals surface area contributed by atoms with Gasteiger partial charge in [0.25, 0.3) is 5.56 Å². The Balaban J connectivity index is 1.57. The number of H-pyrrole nitrogens is 1. The highest BCUT2D eigenvalue weighted by Crippen LogP contribution is 2.20. The van der Waals surface area contributed by atoms with Crippen LogP contribution in [0.4, 0.5) is 10.3 Å². The maximum atomic E-state index is 13.4. The Bertz CT molecular complexity index is 984. The van der Waals surface area contributed by atoms with Crippen LogP contribution in [0.3, 0.4) is 0 Å². The molecule has 1 aliphatic rings. The van der Waals surface area contributed by atoms with Gasteiger partial charge in [-0.1, -0.05) is 12.1 Å². The van der Waals surface area contributed by atoms with Gasteiger partial charge in [-0.05, 0) is 48.2 Å². The van der Waals surface area contributed by atoms with E-state index in [1.165, 1.54) is 12.1 Å². The molecular weight excluding hydrogens is 369 g/mol. The molecule has 0 spiro atoms. The molecule has 3 heterocycles. The van der Waals surface area contributed by atoms with Crippen LogP contribution in [0.15, 0.2) is 59.7 Å². The van der Waals surface area contributed by atoms with Crippen LogP contribution < -0.4 is 15.8 Å². The minimum Gasteiger partial charge on any atom is -0.342 e. The van der Waals surface area contributed by atoms with Crippen LogP contribution in [-0.4, -0.2) is 28.0 Å². The first-order chi connectivity index (χ1) is 14.2. The third-order valence-corrected chi connectivity index (χ3v) is 5.18. The van der Waals surface area contributed by atoms with Crippen molar-refractivity contribution in [3.63, 3.8) is 0 Å². The van der Waals surface area contributed by atoms with Crippen molar-refractivity contribution in [3.8, 4) is 0 Å². The fourth-order valence-corrected chi connectivity index (χ4v) is 3.63. The summed E-state index contributed by atoms with van der Waals surface area (Å²) < 4.78 is 13.4. The second-order valence-electron chi connectivity index (χ2n) is 7.30. The number of anilines is 1. The average molecular weight is 393 g/mol. The highest BCUT2D eigenvalue weighted by Gasteiger charge is 2.18. The quantitative estimate of drug-likeness (QED) is 0.646. The second-order valence-corrected chi connectivity index (χ2v) is 7.30. The zero-order valence-electron chi connectivity index (χ0n) is 16.1. The monoisotopic (exact) mass is 393 g/mol. The van der Waals surface area contributed by atoms with E-state index in [2.05, 4.69) is 20.2 Å². The first-order valence-electron chi connectivity index (χ1n) is 9.90. The summed E-state index contributed by atoms with van der Waals surface area (Å²) >= 11 is 0. The van der Waals surface area contributed by atoms with Gasteiger partial charge >= 0.3 is 0 Å². The molecule has 1 fully saturated rings. The van der Waals surface area contributed by atoms with Crippen molar-refractivity contribution in [1.82, 2.24) is 20.3 Å². The Hall–Kier alpha value is -3.06. The molecule has 3 aromatic rings. The van der Waals surface area contributed by atoms with Crippen molar-refractivity contribution in [2.24, 2.45) is 0 Å². The molecule has 0 radical (unpaired) electrons. The van der Waals surface area contributed by atoms with Crippen LogP contribution in [0.25, 0.3) is 0 Å². The molecule has 0 amide bonds. The third-order valence-electron chi connectivity index (χ3n) is 5.18. The molecule has 29 heavy (non-hydrogen) atoms. The van der Waals surface area contributed by atoms with Crippen molar-refractivity contribution in [2.45, 2.75) is 31.8 Å². The number of halogens is 1. The Morgan fingerprint density at radius 1 is 1.10 bits per heavy atom. The van der Waals surface area contributed by atoms with E-state index >= 15 is 0 Å². The summed E-state index contributed by atoms with van der Waals surface area (Å²) in [6.45, 7) is 2.45. The second kappa shape index (κ2) is 8.96. The fourth-order valence-electron chi connectivity index (χ4n) is 3.63. The predicted octanol–water partition coefficient (Wildman–Crippen LogP) is 2.98. The molecule has 2 N–H and O–H groups in total. The van der Waals surface area contributed by atoms with E-state index < -0.39 is 0 Å². The molecule has 6 nitrogen and oxygen atoms in total. The SMILES string of the molecule is O=c1cc(C[C@@H](NCc2ccncc2)c2ccc(F)cc2)nc(N2CCCC2)[nH]1. The van der Waals surface area contributed by atoms with Gasteiger partial charge in [-0.3, -0.25) is 14.8 Å². The first-order valence-corrected chi connectivity index (χ1v) is 9.90. The van der Waals surface area contributed by atoms with Crippen molar-refractivity contribution in [2.75, 3.05) is 18.0 Å². The van der Waals surface area contributed by atoms with E-state index in [1.54, 1.807) is 30.6 Å². The summed E-state index contributed by atoms with van der Waals surface area (Å²) in [5.41, 5.74) is 2.62. The molecule has 0 saturated carbocycles. The zero-order valence-corrected chi connectivity index (χ0v) is 16.1. The number of aromatic nitrogens is 3. The number of pyridine rings is 1. The van der Waals surface area contributed by atoms with Crippen LogP contribution in [0.5, 0.6) is 0 Å². The number of rotatable bonds is 7. The standard InChI is InChI=1S/C22H24FN5O/c23-18-5-3-17(4-6-18)20(25-15-16-7-9-24-10-8-16)13-19-14-21(29)27-22(26-19)28-11-1-2-12-28/h3-10,14,20,25H,1-2,11-13,15H2,(H,26,27,29)/t20-/m1/s1. The van der Waals surface area contributed by atoms with Gasteiger partial charge < -0.3 is 10.2 Å². The van der Waals surface area contributed by atoms with E-state index in [4.69, 9.17) is 4.98 Å². The minimum atomic E-state index is -0.271. The summed E-state index contributed by atoms with van der Waals surface area (Å²) in [6, 6.07) is 11.8. The van der Waals surface area contributed by atoms with Crippen LogP contribution in [-0.2, 0) is 13.0 Å². The number of aromatic amines is 1. The van der Waals surface area contributed by atoms with Gasteiger partial charge in [-0.15, -0.1) is 0 Å². The lowest BCUT2D eigenvalue weighted by Crippen LogP contribution is -2.27. The van der Waals surface area contributed by atoms with Crippen molar-refractivity contribution < 1.29 is 4.39 Å². The largest absolute Gasteiger partial charge is 0.342 e. The highest BCUT2D eigenvalue weighted by molar-refractivity contribution is 5.32. The van der Waals surface area contributed by atoms with Gasteiger partial charge in [0, 0.05) is 50.6 Å². The highest BCUT2D eigenvalue weighted by atomic mass is 19.1. The van der Waals surface area contributed by atoms with Crippen LogP contribution in [0.2, 0.25) is 0 Å². The number of hydrogen-bond acceptors (Lipinski definition) is 5. The summed E-state index contributed by atoms with van der Waals surface area (Å²) in [5, 5.41) is 3.51. The molecule has 0 aliphatic carbocycles. The Morgan fingerprint density at radius 2 is 1.83 bits per heavy atom. The maximum absolute atomic E-state index is 13.4. The van der Waals surface area contributed by atoms with Crippen LogP contribution in [0.1, 0.15) is 35.7 Å². The Labute approximate surface area is 168 Å². The number of hydrogen-bond donors (Lipinski definition) is 2. The lowest BCUT2D eigenvalue weighted by Gasteiger charge is -2.21. The molecule has 1 atom stereocenters. The van der Waals surface area contributed by atoms with Gasteiger partial charge in [0.15, 0.2) is 0 Å². The molecule has 2 aromatic heterocycles. The summed E-state index contributed by atoms with van der Waals surface area (Å²) in [7, 11) is 0. The maximum Gasteiger partial charge on any atom is 0.252 e. The lowest BCUT2D eigenvalue weighted by atomic mass is 10.0. The smallest absolute Gasteiger partial charge is 0.252 e. The van der Waals surface area contributed by atoms with Crippen LogP contribution in [0, 0.1) is 5.82 Å². The summed E-state index contributed by atoms with van der Waals surface area (Å²) in [6.07, 6.45) is 6.26. The average Bonchev–Trinajstić information content (AvgIpc) is 3.27. The predicted molar refractivity (Wildman–Crippen MR) is 110 cm³/mol. The van der Waals surface area contributed by atoms with E-state index in [0.717, 1.165) is 37.1 Å². The zero-order chi connectivity index (χ0) is 20.1. The van der Waals surface area contributed by atoms with Gasteiger partial charge in [0.05, 0.1) is 5.69 Å². The summed E-state index contributed by atoms with van der Waals surface area (Å²) in [4.78, 5) is 25.9. The molecule has 0 bridgehead atoms. The van der Waals surface area contributed by atoms with Crippen molar-refractivity contribution in [3.05, 3.63) is 87.9 Å². The molecule has 150 valence electrons. The Kier molecular flexibility index (Phi) is 5.95. The number of nitrogens with one attached hydrogen (secondary N) is 2. The molecule has 4 rings (SSSR count). The van der Waals surface area contributed by atoms with E-state index in [0.29, 0.717) is 24.6 Å². The molecular formula is C22H24FN5O. The molecule has 1 saturated heterocycles. The van der Waals surface area contributed by atoms with Gasteiger partial charge in [0.2, 0.25) is 5.95 Å². The third kappa shape index (κ3) is 5.06. The van der Waals surface area contributed by atoms with Crippen LogP contribution >= 0.6 is 0 Å². The molecule has 0 unspecified atom stereocenters. The topological polar surface area (TPSA) is 73.9 Å². The molecule has 1 aliphatic heterocycles. The first kappa shape index (κ1) is 19.3. The van der Waals surface area contributed by atoms with Crippen molar-refractivity contribution >= 4 is 5.95 Å². The minimum absolute atomic E-state index is 0.107. The van der Waals surface area contributed by atoms with Gasteiger partial charge in [0.1, 0.15) is 5.82 Å². The molecule has 1 aromatic carbocycles. The van der Waals surface area contributed by atoms with Gasteiger partial charge in [-0.25, -0.2) is 9.37 Å². The lowest BCUT2D eigenvalue weighted by molar-refractivity contribution is 0.522. The van der Waals surface area contributed by atoms with E-state index in [-0.39, 0.29) is 17.4 Å². The number of benzene rings is 1. The van der Waals surface area contributed by atoms with E-state index in [9.17, 15) is 9.18 Å².